The first kappa shape index (κ1) is 33.0. The van der Waals surface area contributed by atoms with Gasteiger partial charge in [-0.2, -0.15) is 0 Å². The van der Waals surface area contributed by atoms with Gasteiger partial charge in [-0.15, -0.1) is 0 Å². The maximum Gasteiger partial charge on any atom is 0.203 e. The van der Waals surface area contributed by atoms with Crippen LogP contribution in [0, 0.1) is 29.6 Å². The molecule has 0 saturated heterocycles. The predicted octanol–water partition coefficient (Wildman–Crippen LogP) is 9.07. The minimum Gasteiger partial charge on any atom is -0.506 e. The van der Waals surface area contributed by atoms with Crippen molar-refractivity contribution in [3.63, 3.8) is 0 Å². The minimum absolute atomic E-state index is 0.0428. The minimum atomic E-state index is -0.145. The molecule has 4 bridgehead atoms. The van der Waals surface area contributed by atoms with E-state index in [0.717, 1.165) is 95.4 Å². The van der Waals surface area contributed by atoms with Crippen molar-refractivity contribution in [1.29, 1.82) is 0 Å². The van der Waals surface area contributed by atoms with Gasteiger partial charge < -0.3 is 19.2 Å². The van der Waals surface area contributed by atoms with Crippen LogP contribution in [0.5, 0.6) is 5.75 Å². The second kappa shape index (κ2) is 13.0. The average Bonchev–Trinajstić information content (AvgIpc) is 4.00. The third kappa shape index (κ3) is 5.45. The number of fused-ring (bicyclic) bond motifs is 6. The topological polar surface area (TPSA) is 65.9 Å². The van der Waals surface area contributed by atoms with Gasteiger partial charge >= 0.3 is 0 Å². The molecule has 0 aromatic heterocycles. The second-order valence-electron chi connectivity index (χ2n) is 15.5. The van der Waals surface area contributed by atoms with Crippen molar-refractivity contribution in [2.24, 2.45) is 29.6 Å². The van der Waals surface area contributed by atoms with E-state index in [-0.39, 0.29) is 11.5 Å². The maximum absolute atomic E-state index is 14.0. The Morgan fingerprint density at radius 2 is 1.54 bits per heavy atom. The number of aliphatic hydroxyl groups is 1. The molecule has 0 amide bonds. The number of anilines is 1. The highest BCUT2D eigenvalue weighted by molar-refractivity contribution is 6.24. The van der Waals surface area contributed by atoms with Crippen molar-refractivity contribution in [2.75, 3.05) is 31.1 Å². The Morgan fingerprint density at radius 1 is 0.827 bits per heavy atom. The molecule has 1 aromatic rings. The zero-order valence-electron chi connectivity index (χ0n) is 30.8. The van der Waals surface area contributed by atoms with Crippen LogP contribution in [0.3, 0.4) is 0 Å². The fourth-order valence-electron chi connectivity index (χ4n) is 9.86. The van der Waals surface area contributed by atoms with E-state index in [1.54, 1.807) is 0 Å². The Morgan fingerprint density at radius 3 is 2.17 bits per heavy atom. The molecule has 266 valence electrons. The summed E-state index contributed by atoms with van der Waals surface area (Å²) in [4.78, 5) is 16.3. The molecule has 1 N–H and O–H groups in total. The van der Waals surface area contributed by atoms with Crippen LogP contribution in [0.15, 0.2) is 106 Å². The molecule has 2 heterocycles. The number of rotatable bonds is 9. The van der Waals surface area contributed by atoms with E-state index < -0.39 is 0 Å². The van der Waals surface area contributed by atoms with Crippen molar-refractivity contribution in [3.8, 4) is 17.1 Å². The molecule has 1 aromatic carbocycles. The molecule has 2 fully saturated rings. The summed E-state index contributed by atoms with van der Waals surface area (Å²) < 4.78 is 15.7. The Labute approximate surface area is 306 Å². The number of ketones is 1. The van der Waals surface area contributed by atoms with Crippen molar-refractivity contribution >= 4 is 23.1 Å². The second-order valence-corrected chi connectivity index (χ2v) is 15.5. The number of carbonyl (C=O) groups is 1. The lowest BCUT2D eigenvalue weighted by atomic mass is 9.82. The summed E-state index contributed by atoms with van der Waals surface area (Å²) in [6, 6.07) is 14.8. The molecule has 52 heavy (non-hydrogen) atoms. The van der Waals surface area contributed by atoms with Gasteiger partial charge in [-0.25, -0.2) is 4.58 Å². The molecule has 2 saturated carbocycles. The molecule has 6 aliphatic carbocycles. The van der Waals surface area contributed by atoms with Crippen LogP contribution < -0.4 is 19.6 Å². The average molecular weight is 694 g/mol. The van der Waals surface area contributed by atoms with Gasteiger partial charge in [-0.3, -0.25) is 4.79 Å². The van der Waals surface area contributed by atoms with E-state index in [1.165, 1.54) is 12.8 Å². The molecule has 6 nitrogen and oxygen atoms in total. The van der Waals surface area contributed by atoms with E-state index in [1.807, 2.05) is 12.2 Å². The number of Topliss-reactive ketones (excluding diaryl/α,β-unsaturated/α-hetero) is 1. The Kier molecular flexibility index (Phi) is 8.24. The maximum atomic E-state index is 14.0. The van der Waals surface area contributed by atoms with Crippen LogP contribution in [0.25, 0.3) is 23.0 Å². The summed E-state index contributed by atoms with van der Waals surface area (Å²) in [5.41, 5.74) is 5.50. The van der Waals surface area contributed by atoms with E-state index in [0.29, 0.717) is 46.7 Å². The molecule has 9 rings (SSSR count). The zero-order chi connectivity index (χ0) is 35.7. The molecule has 8 aliphatic rings. The van der Waals surface area contributed by atoms with Gasteiger partial charge in [-0.05, 0) is 131 Å². The first-order valence-electron chi connectivity index (χ1n) is 19.6. The fraction of sp³-hybridized carbons (Fsp3) is 0.391. The van der Waals surface area contributed by atoms with E-state index in [4.69, 9.17) is 9.15 Å². The van der Waals surface area contributed by atoms with Crippen molar-refractivity contribution in [2.45, 2.75) is 59.3 Å². The lowest BCUT2D eigenvalue weighted by Crippen LogP contribution is -2.29. The van der Waals surface area contributed by atoms with Gasteiger partial charge in [0.2, 0.25) is 11.1 Å². The van der Waals surface area contributed by atoms with Crippen molar-refractivity contribution in [1.82, 2.24) is 4.58 Å². The molecule has 0 radical (unpaired) electrons. The smallest absolute Gasteiger partial charge is 0.203 e. The van der Waals surface area contributed by atoms with Crippen LogP contribution in [-0.4, -0.2) is 37.1 Å². The summed E-state index contributed by atoms with van der Waals surface area (Å²) in [6.45, 7) is 12.3. The molecule has 0 spiro atoms. The zero-order valence-corrected chi connectivity index (χ0v) is 30.8. The Bertz CT molecular complexity index is 2200. The number of allylic oxidation sites excluding steroid dienone is 10. The lowest BCUT2D eigenvalue weighted by Gasteiger charge is -2.29. The van der Waals surface area contributed by atoms with Crippen molar-refractivity contribution in [3.05, 3.63) is 124 Å². The first-order valence-corrected chi connectivity index (χ1v) is 19.6. The number of aliphatic hydroxyl groups excluding tert-OH is 1. The van der Waals surface area contributed by atoms with E-state index in [2.05, 4.69) is 110 Å². The van der Waals surface area contributed by atoms with Gasteiger partial charge in [0.25, 0.3) is 0 Å². The quantitative estimate of drug-likeness (QED) is 0.138. The van der Waals surface area contributed by atoms with E-state index in [9.17, 15) is 9.90 Å². The number of nitrogens with zero attached hydrogens (tertiary/aromatic N) is 2. The van der Waals surface area contributed by atoms with Gasteiger partial charge in [0, 0.05) is 53.9 Å². The Balaban J connectivity index is 1.12. The van der Waals surface area contributed by atoms with Gasteiger partial charge in [0.05, 0.1) is 17.2 Å². The third-order valence-electron chi connectivity index (χ3n) is 12.7. The number of benzene rings is 2. The first-order chi connectivity index (χ1) is 25.3. The number of carbonyl (C=O) groups excluding carboxylic acids is 1. The molecule has 6 atom stereocenters. The third-order valence-corrected chi connectivity index (χ3v) is 12.7. The summed E-state index contributed by atoms with van der Waals surface area (Å²) >= 11 is 0. The number of ether oxygens (including phenoxy) is 1. The van der Waals surface area contributed by atoms with Crippen LogP contribution in [0.2, 0.25) is 0 Å². The van der Waals surface area contributed by atoms with Crippen LogP contribution in [-0.2, 0) is 4.79 Å². The SMILES string of the molecule is CCN(CC)c1ccc2c(c1)OC(C1CC3C=CC1C3)=CC2=CC1=C(O)C(=Cc2cc(C3CC4C=CC3C4)oc3cc(=[N+](CC)CC)ccc2-3)C1=O. The van der Waals surface area contributed by atoms with Gasteiger partial charge in [-0.1, -0.05) is 24.3 Å². The van der Waals surface area contributed by atoms with E-state index >= 15 is 0 Å². The summed E-state index contributed by atoms with van der Waals surface area (Å²) in [5, 5.41) is 12.7. The number of hydrogen-bond acceptors (Lipinski definition) is 5. The predicted molar refractivity (Wildman–Crippen MR) is 208 cm³/mol. The van der Waals surface area contributed by atoms with Gasteiger partial charge in [0.15, 0.2) is 0 Å². The van der Waals surface area contributed by atoms with Gasteiger partial charge in [0.1, 0.15) is 41.9 Å². The molecule has 2 aliphatic heterocycles. The standard InChI is InChI=1S/C46H48N2O4/c1-5-47(6-2)33-13-15-35-31(23-41(51-43(35)25-33)37-19-27-9-11-29(37)17-27)21-39-45(49)40(46(39)50)22-32-24-42(38-20-28-10-12-30(38)18-28)52-44-26-34(14-16-36(32)44)48(7-3)8-4/h9-16,21-30,37-38H,5-8,17-20H2,1-4H3/p+1. The van der Waals surface area contributed by atoms with Crippen molar-refractivity contribution < 1.29 is 19.1 Å². The molecular weight excluding hydrogens is 645 g/mol. The van der Waals surface area contributed by atoms with Crippen LogP contribution in [0.4, 0.5) is 5.69 Å². The molecular formula is C46H49N2O4+. The monoisotopic (exact) mass is 693 g/mol. The fourth-order valence-corrected chi connectivity index (χ4v) is 9.86. The molecule has 6 heteroatoms. The normalized spacial score (nSPS) is 28.2. The largest absolute Gasteiger partial charge is 0.506 e. The summed E-state index contributed by atoms with van der Waals surface area (Å²) in [7, 11) is 0. The lowest BCUT2D eigenvalue weighted by molar-refractivity contribution is -0.113. The summed E-state index contributed by atoms with van der Waals surface area (Å²) in [6.07, 6.45) is 19.8. The molecule has 6 unspecified atom stereocenters. The highest BCUT2D eigenvalue weighted by Gasteiger charge is 2.41. The summed E-state index contributed by atoms with van der Waals surface area (Å²) in [5.74, 6) is 6.25. The highest BCUT2D eigenvalue weighted by Crippen LogP contribution is 2.51. The van der Waals surface area contributed by atoms with Crippen LogP contribution >= 0.6 is 0 Å². The number of hydrogen-bond donors (Lipinski definition) is 1. The van der Waals surface area contributed by atoms with Crippen LogP contribution in [0.1, 0.15) is 76.2 Å². The highest BCUT2D eigenvalue weighted by atomic mass is 16.5. The Hall–Kier alpha value is -4.84.